The number of nitrogens with two attached hydrogens (primary N) is 1. The lowest BCUT2D eigenvalue weighted by atomic mass is 10.1. The van der Waals surface area contributed by atoms with E-state index >= 15 is 0 Å². The third-order valence-corrected chi connectivity index (χ3v) is 2.44. The summed E-state index contributed by atoms with van der Waals surface area (Å²) in [6, 6.07) is 0.539. The standard InChI is InChI=1S/C12H22N4/c1-9(2)6-14-12(5-13)11-7-15-16(8-11)10(3)4/h7-8,10,12,14H,1,5-6,13H2,2-4H3. The second kappa shape index (κ2) is 5.82. The van der Waals surface area contributed by atoms with Crippen LogP contribution in [0.2, 0.25) is 0 Å². The Morgan fingerprint density at radius 2 is 2.31 bits per heavy atom. The van der Waals surface area contributed by atoms with Crippen molar-refractivity contribution in [1.82, 2.24) is 15.1 Å². The molecule has 0 amide bonds. The van der Waals surface area contributed by atoms with Crippen LogP contribution in [0.5, 0.6) is 0 Å². The Bertz CT molecular complexity index is 341. The zero-order chi connectivity index (χ0) is 12.1. The zero-order valence-electron chi connectivity index (χ0n) is 10.4. The number of rotatable bonds is 6. The van der Waals surface area contributed by atoms with E-state index in [-0.39, 0.29) is 6.04 Å². The van der Waals surface area contributed by atoms with Crippen LogP contribution in [0.1, 0.15) is 38.4 Å². The van der Waals surface area contributed by atoms with Gasteiger partial charge in [-0.1, -0.05) is 12.2 Å². The molecule has 0 saturated carbocycles. The summed E-state index contributed by atoms with van der Waals surface area (Å²) in [5, 5.41) is 7.67. The van der Waals surface area contributed by atoms with Crippen molar-refractivity contribution in [2.24, 2.45) is 5.73 Å². The molecule has 16 heavy (non-hydrogen) atoms. The van der Waals surface area contributed by atoms with Crippen LogP contribution in [-0.4, -0.2) is 22.9 Å². The molecule has 1 aromatic heterocycles. The number of aromatic nitrogens is 2. The quantitative estimate of drug-likeness (QED) is 0.719. The fraction of sp³-hybridized carbons (Fsp3) is 0.583. The van der Waals surface area contributed by atoms with Crippen molar-refractivity contribution in [2.45, 2.75) is 32.9 Å². The molecule has 1 unspecified atom stereocenters. The molecule has 0 spiro atoms. The van der Waals surface area contributed by atoms with Crippen LogP contribution in [0.15, 0.2) is 24.5 Å². The highest BCUT2D eigenvalue weighted by molar-refractivity contribution is 5.12. The number of hydrogen-bond acceptors (Lipinski definition) is 3. The molecule has 0 aliphatic carbocycles. The van der Waals surface area contributed by atoms with Crippen LogP contribution >= 0.6 is 0 Å². The minimum absolute atomic E-state index is 0.157. The van der Waals surface area contributed by atoms with E-state index < -0.39 is 0 Å². The van der Waals surface area contributed by atoms with Crippen LogP contribution in [-0.2, 0) is 0 Å². The first-order chi connectivity index (χ1) is 7.54. The molecular formula is C12H22N4. The minimum Gasteiger partial charge on any atom is -0.329 e. The van der Waals surface area contributed by atoms with Crippen molar-refractivity contribution in [3.05, 3.63) is 30.1 Å². The highest BCUT2D eigenvalue weighted by Crippen LogP contribution is 2.13. The second-order valence-electron chi connectivity index (χ2n) is 4.47. The van der Waals surface area contributed by atoms with E-state index in [9.17, 15) is 0 Å². The Balaban J connectivity index is 2.67. The van der Waals surface area contributed by atoms with Gasteiger partial charge in [0.1, 0.15) is 0 Å². The predicted molar refractivity (Wildman–Crippen MR) is 67.2 cm³/mol. The summed E-state index contributed by atoms with van der Waals surface area (Å²) in [7, 11) is 0. The number of nitrogens with one attached hydrogen (secondary N) is 1. The lowest BCUT2D eigenvalue weighted by Crippen LogP contribution is -2.29. The normalized spacial score (nSPS) is 13.1. The van der Waals surface area contributed by atoms with Gasteiger partial charge >= 0.3 is 0 Å². The van der Waals surface area contributed by atoms with Gasteiger partial charge in [0.25, 0.3) is 0 Å². The molecule has 0 aromatic carbocycles. The Kier molecular flexibility index (Phi) is 4.71. The first kappa shape index (κ1) is 12.9. The van der Waals surface area contributed by atoms with Crippen molar-refractivity contribution in [2.75, 3.05) is 13.1 Å². The molecule has 1 aromatic rings. The Labute approximate surface area is 97.5 Å². The maximum atomic E-state index is 5.75. The predicted octanol–water partition coefficient (Wildman–Crippen LogP) is 1.63. The van der Waals surface area contributed by atoms with Gasteiger partial charge in [0.15, 0.2) is 0 Å². The van der Waals surface area contributed by atoms with Gasteiger partial charge in [-0.25, -0.2) is 0 Å². The summed E-state index contributed by atoms with van der Waals surface area (Å²) in [5.74, 6) is 0. The lowest BCUT2D eigenvalue weighted by Gasteiger charge is -2.15. The van der Waals surface area contributed by atoms with Crippen LogP contribution in [0.25, 0.3) is 0 Å². The highest BCUT2D eigenvalue weighted by atomic mass is 15.3. The smallest absolute Gasteiger partial charge is 0.0538 e. The minimum atomic E-state index is 0.157. The topological polar surface area (TPSA) is 55.9 Å². The van der Waals surface area contributed by atoms with Gasteiger partial charge in [-0.3, -0.25) is 4.68 Å². The molecule has 1 atom stereocenters. The van der Waals surface area contributed by atoms with E-state index in [1.165, 1.54) is 0 Å². The van der Waals surface area contributed by atoms with Crippen molar-refractivity contribution in [1.29, 1.82) is 0 Å². The van der Waals surface area contributed by atoms with Crippen LogP contribution in [0.4, 0.5) is 0 Å². The van der Waals surface area contributed by atoms with E-state index in [1.807, 2.05) is 24.0 Å². The van der Waals surface area contributed by atoms with Crippen molar-refractivity contribution >= 4 is 0 Å². The highest BCUT2D eigenvalue weighted by Gasteiger charge is 2.11. The summed E-state index contributed by atoms with van der Waals surface area (Å²) in [5.41, 5.74) is 7.99. The first-order valence-corrected chi connectivity index (χ1v) is 5.66. The molecule has 0 bridgehead atoms. The summed E-state index contributed by atoms with van der Waals surface area (Å²) in [6.45, 7) is 11.4. The number of nitrogens with zero attached hydrogens (tertiary/aromatic N) is 2. The summed E-state index contributed by atoms with van der Waals surface area (Å²) < 4.78 is 1.94. The Morgan fingerprint density at radius 1 is 1.62 bits per heavy atom. The molecule has 1 heterocycles. The molecule has 0 saturated heterocycles. The molecule has 0 aliphatic rings. The summed E-state index contributed by atoms with van der Waals surface area (Å²) >= 11 is 0. The molecule has 1 rings (SSSR count). The van der Waals surface area contributed by atoms with Crippen molar-refractivity contribution < 1.29 is 0 Å². The maximum Gasteiger partial charge on any atom is 0.0538 e. The van der Waals surface area contributed by atoms with Gasteiger partial charge in [-0.2, -0.15) is 5.10 Å². The zero-order valence-corrected chi connectivity index (χ0v) is 10.4. The fourth-order valence-corrected chi connectivity index (χ4v) is 1.45. The lowest BCUT2D eigenvalue weighted by molar-refractivity contribution is 0.528. The monoisotopic (exact) mass is 222 g/mol. The van der Waals surface area contributed by atoms with Gasteiger partial charge in [0.2, 0.25) is 0 Å². The molecule has 3 N–H and O–H groups in total. The fourth-order valence-electron chi connectivity index (χ4n) is 1.45. The Morgan fingerprint density at radius 3 is 2.75 bits per heavy atom. The third kappa shape index (κ3) is 3.47. The van der Waals surface area contributed by atoms with Gasteiger partial charge in [-0.05, 0) is 20.8 Å². The SMILES string of the molecule is C=C(C)CNC(CN)c1cnn(C(C)C)c1. The van der Waals surface area contributed by atoms with Crippen LogP contribution in [0, 0.1) is 0 Å². The van der Waals surface area contributed by atoms with Crippen molar-refractivity contribution in [3.63, 3.8) is 0 Å². The summed E-state index contributed by atoms with van der Waals surface area (Å²) in [4.78, 5) is 0. The summed E-state index contributed by atoms with van der Waals surface area (Å²) in [6.07, 6.45) is 3.93. The third-order valence-electron chi connectivity index (χ3n) is 2.44. The van der Waals surface area contributed by atoms with Gasteiger partial charge in [0, 0.05) is 36.9 Å². The Hall–Kier alpha value is -1.13. The van der Waals surface area contributed by atoms with E-state index in [0.717, 1.165) is 17.7 Å². The van der Waals surface area contributed by atoms with E-state index in [2.05, 4.69) is 30.8 Å². The van der Waals surface area contributed by atoms with Crippen LogP contribution < -0.4 is 11.1 Å². The maximum absolute atomic E-state index is 5.75. The molecular weight excluding hydrogens is 200 g/mol. The van der Waals surface area contributed by atoms with E-state index in [4.69, 9.17) is 5.73 Å². The molecule has 0 radical (unpaired) electrons. The van der Waals surface area contributed by atoms with Crippen LogP contribution in [0.3, 0.4) is 0 Å². The molecule has 4 nitrogen and oxygen atoms in total. The van der Waals surface area contributed by atoms with Gasteiger partial charge in [-0.15, -0.1) is 0 Å². The molecule has 0 aliphatic heterocycles. The van der Waals surface area contributed by atoms with Gasteiger partial charge in [0.05, 0.1) is 6.20 Å². The van der Waals surface area contributed by atoms with E-state index in [1.54, 1.807) is 0 Å². The first-order valence-electron chi connectivity index (χ1n) is 5.66. The largest absolute Gasteiger partial charge is 0.329 e. The average molecular weight is 222 g/mol. The van der Waals surface area contributed by atoms with Crippen molar-refractivity contribution in [3.8, 4) is 0 Å². The molecule has 4 heteroatoms. The van der Waals surface area contributed by atoms with Gasteiger partial charge < -0.3 is 11.1 Å². The average Bonchev–Trinajstić information content (AvgIpc) is 2.67. The molecule has 90 valence electrons. The van der Waals surface area contributed by atoms with E-state index in [0.29, 0.717) is 12.6 Å². The second-order valence-corrected chi connectivity index (χ2v) is 4.47. The molecule has 0 fully saturated rings. The number of hydrogen-bond donors (Lipinski definition) is 2.